The smallest absolute Gasteiger partial charge is 0.323 e. The van der Waals surface area contributed by atoms with Gasteiger partial charge in [0.1, 0.15) is 23.7 Å². The highest BCUT2D eigenvalue weighted by atomic mass is 35.5. The van der Waals surface area contributed by atoms with Crippen LogP contribution in [0.25, 0.3) is 0 Å². The van der Waals surface area contributed by atoms with Crippen LogP contribution in [-0.4, -0.2) is 52.3 Å². The van der Waals surface area contributed by atoms with Gasteiger partial charge in [0.2, 0.25) is 11.8 Å². The highest BCUT2D eigenvalue weighted by Gasteiger charge is 2.48. The number of carbonyl (C=O) groups is 3. The summed E-state index contributed by atoms with van der Waals surface area (Å²) in [5.74, 6) is -4.94. The number of nitriles is 1. The molecule has 13 heteroatoms. The Morgan fingerprint density at radius 2 is 1.95 bits per heavy atom. The molecule has 9 nitrogen and oxygen atoms in total. The Kier molecular flexibility index (Phi) is 8.04. The van der Waals surface area contributed by atoms with E-state index in [0.29, 0.717) is 5.56 Å². The molecule has 0 radical (unpaired) electrons. The topological polar surface area (TPSA) is 118 Å². The first-order valence-electron chi connectivity index (χ1n) is 13.0. The molecule has 2 aromatic carbocycles. The highest BCUT2D eigenvalue weighted by molar-refractivity contribution is 6.31. The molecular formula is C29H24ClF3N6O3. The predicted molar refractivity (Wildman–Crippen MR) is 146 cm³/mol. The maximum absolute atomic E-state index is 14.4. The number of benzene rings is 2. The van der Waals surface area contributed by atoms with Gasteiger partial charge < -0.3 is 15.5 Å². The van der Waals surface area contributed by atoms with Gasteiger partial charge in [-0.1, -0.05) is 41.9 Å². The number of nitrogens with zero attached hydrogens (tertiary/aromatic N) is 4. The van der Waals surface area contributed by atoms with Crippen molar-refractivity contribution in [2.75, 3.05) is 11.4 Å². The number of amides is 4. The van der Waals surface area contributed by atoms with Crippen molar-refractivity contribution in [2.24, 2.45) is 0 Å². The Balaban J connectivity index is 1.57. The summed E-state index contributed by atoms with van der Waals surface area (Å²) in [6.07, 6.45) is 0.211. The lowest BCUT2D eigenvalue weighted by atomic mass is 9.87. The number of alkyl halides is 2. The largest absolute Gasteiger partial charge is 0.351 e. The van der Waals surface area contributed by atoms with Crippen LogP contribution in [-0.2, 0) is 16.1 Å². The van der Waals surface area contributed by atoms with Gasteiger partial charge in [-0.05, 0) is 35.9 Å². The Bertz CT molecular complexity index is 1570. The van der Waals surface area contributed by atoms with E-state index in [1.165, 1.54) is 48.7 Å². The van der Waals surface area contributed by atoms with E-state index in [1.807, 2.05) is 6.07 Å². The molecule has 2 N–H and O–H groups in total. The monoisotopic (exact) mass is 596 g/mol. The quantitative estimate of drug-likeness (QED) is 0.401. The number of anilines is 1. The lowest BCUT2D eigenvalue weighted by Gasteiger charge is -2.39. The fraction of sp³-hybridized carbons (Fsp3) is 0.276. The number of nitrogens with one attached hydrogen (secondary N) is 2. The molecule has 2 aliphatic rings. The molecule has 1 aliphatic carbocycles. The summed E-state index contributed by atoms with van der Waals surface area (Å²) in [4.78, 5) is 47.5. The average Bonchev–Trinajstić information content (AvgIpc) is 3.33. The molecule has 2 heterocycles. The SMILES string of the molecule is N#Cc1ccnc(N2C(=O)NC[C@H]2C(=O)N(Cc2cccc(F)c2)C(C(=O)NC2CC(F)(F)C2)c2ccccc2Cl)c1. The molecule has 3 aromatic rings. The number of pyridine rings is 1. The summed E-state index contributed by atoms with van der Waals surface area (Å²) >= 11 is 6.50. The van der Waals surface area contributed by atoms with Crippen LogP contribution in [0.1, 0.15) is 35.6 Å². The molecule has 4 amide bonds. The minimum absolute atomic E-state index is 0.0311. The Morgan fingerprint density at radius 1 is 1.19 bits per heavy atom. The lowest BCUT2D eigenvalue weighted by molar-refractivity contribution is -0.145. The summed E-state index contributed by atoms with van der Waals surface area (Å²) < 4.78 is 41.4. The molecular weight excluding hydrogens is 573 g/mol. The summed E-state index contributed by atoms with van der Waals surface area (Å²) in [5, 5.41) is 14.7. The van der Waals surface area contributed by atoms with Gasteiger partial charge in [-0.15, -0.1) is 0 Å². The van der Waals surface area contributed by atoms with Crippen LogP contribution in [0.3, 0.4) is 0 Å². The number of halogens is 4. The Hall–Kier alpha value is -4.63. The normalized spacial score (nSPS) is 18.4. The molecule has 0 spiro atoms. The van der Waals surface area contributed by atoms with Gasteiger partial charge in [0.25, 0.3) is 5.92 Å². The maximum atomic E-state index is 14.4. The van der Waals surface area contributed by atoms with E-state index in [2.05, 4.69) is 15.6 Å². The lowest BCUT2D eigenvalue weighted by Crippen LogP contribution is -2.56. The van der Waals surface area contributed by atoms with E-state index < -0.39 is 60.6 Å². The van der Waals surface area contributed by atoms with Gasteiger partial charge in [-0.3, -0.25) is 14.5 Å². The van der Waals surface area contributed by atoms with Crippen LogP contribution < -0.4 is 15.5 Å². The third kappa shape index (κ3) is 6.01. The zero-order valence-corrected chi connectivity index (χ0v) is 22.7. The molecule has 2 fully saturated rings. The van der Waals surface area contributed by atoms with Crippen molar-refractivity contribution in [3.8, 4) is 6.07 Å². The van der Waals surface area contributed by atoms with E-state index in [0.717, 1.165) is 9.80 Å². The second kappa shape index (κ2) is 11.7. The Labute approximate surface area is 243 Å². The first-order valence-corrected chi connectivity index (χ1v) is 13.3. The molecule has 5 rings (SSSR count). The van der Waals surface area contributed by atoms with Gasteiger partial charge in [-0.2, -0.15) is 5.26 Å². The van der Waals surface area contributed by atoms with E-state index in [-0.39, 0.29) is 35.1 Å². The number of rotatable bonds is 8. The molecule has 1 saturated heterocycles. The second-order valence-corrected chi connectivity index (χ2v) is 10.5. The van der Waals surface area contributed by atoms with E-state index in [4.69, 9.17) is 11.6 Å². The van der Waals surface area contributed by atoms with Gasteiger partial charge >= 0.3 is 6.03 Å². The first kappa shape index (κ1) is 28.9. The maximum Gasteiger partial charge on any atom is 0.323 e. The third-order valence-corrected chi connectivity index (χ3v) is 7.45. The van der Waals surface area contributed by atoms with Gasteiger partial charge in [-0.25, -0.2) is 22.9 Å². The molecule has 1 unspecified atom stereocenters. The van der Waals surface area contributed by atoms with Crippen molar-refractivity contribution in [3.63, 3.8) is 0 Å². The molecule has 42 heavy (non-hydrogen) atoms. The van der Waals surface area contributed by atoms with Crippen molar-refractivity contribution in [1.82, 2.24) is 20.5 Å². The van der Waals surface area contributed by atoms with Crippen LogP contribution in [0.4, 0.5) is 23.8 Å². The average molecular weight is 597 g/mol. The zero-order valence-electron chi connectivity index (χ0n) is 21.9. The minimum atomic E-state index is -2.91. The highest BCUT2D eigenvalue weighted by Crippen LogP contribution is 2.38. The summed E-state index contributed by atoms with van der Waals surface area (Å²) in [6.45, 7) is -0.452. The van der Waals surface area contributed by atoms with E-state index in [9.17, 15) is 32.8 Å². The third-order valence-electron chi connectivity index (χ3n) is 7.10. The number of aromatic nitrogens is 1. The number of urea groups is 1. The van der Waals surface area contributed by atoms with Crippen molar-refractivity contribution in [1.29, 1.82) is 5.26 Å². The molecule has 1 aliphatic heterocycles. The van der Waals surface area contributed by atoms with E-state index >= 15 is 0 Å². The zero-order chi connectivity index (χ0) is 30.0. The first-order chi connectivity index (χ1) is 20.1. The van der Waals surface area contributed by atoms with Crippen molar-refractivity contribution >= 4 is 35.3 Å². The molecule has 2 atom stereocenters. The van der Waals surface area contributed by atoms with Crippen LogP contribution in [0.2, 0.25) is 5.02 Å². The van der Waals surface area contributed by atoms with Crippen LogP contribution >= 0.6 is 11.6 Å². The van der Waals surface area contributed by atoms with Gasteiger partial charge in [0.15, 0.2) is 0 Å². The van der Waals surface area contributed by atoms with Crippen LogP contribution in [0.5, 0.6) is 0 Å². The van der Waals surface area contributed by atoms with E-state index in [1.54, 1.807) is 18.2 Å². The molecule has 1 saturated carbocycles. The summed E-state index contributed by atoms with van der Waals surface area (Å²) in [5.41, 5.74) is 0.742. The summed E-state index contributed by atoms with van der Waals surface area (Å²) in [6, 6.07) is 12.3. The van der Waals surface area contributed by atoms with Crippen LogP contribution in [0, 0.1) is 17.1 Å². The second-order valence-electron chi connectivity index (χ2n) is 10.1. The number of carbonyl (C=O) groups excluding carboxylic acids is 3. The Morgan fingerprint density at radius 3 is 2.64 bits per heavy atom. The van der Waals surface area contributed by atoms with Crippen molar-refractivity contribution in [3.05, 3.63) is 94.4 Å². The van der Waals surface area contributed by atoms with Crippen LogP contribution in [0.15, 0.2) is 66.9 Å². The van der Waals surface area contributed by atoms with Crippen molar-refractivity contribution < 1.29 is 27.6 Å². The predicted octanol–water partition coefficient (Wildman–Crippen LogP) is 4.33. The number of hydrogen-bond donors (Lipinski definition) is 2. The molecule has 0 bridgehead atoms. The molecule has 1 aromatic heterocycles. The fourth-order valence-electron chi connectivity index (χ4n) is 5.09. The standard InChI is InChI=1S/C29H24ClF3N6O3/c30-22-7-2-1-6-21(22)25(26(40)37-20-12-29(32,33)13-20)38(16-18-4-3-5-19(31)10-18)27(41)23-15-36-28(42)39(23)24-11-17(14-34)8-9-35-24/h1-11,20,23,25H,12-13,15-16H2,(H,36,42)(H,37,40)/t23-,25?/m0/s1. The minimum Gasteiger partial charge on any atom is -0.351 e. The molecule has 216 valence electrons. The number of hydrogen-bond acceptors (Lipinski definition) is 5. The van der Waals surface area contributed by atoms with Gasteiger partial charge in [0, 0.05) is 48.8 Å². The van der Waals surface area contributed by atoms with Crippen molar-refractivity contribution in [2.45, 2.75) is 43.4 Å². The summed E-state index contributed by atoms with van der Waals surface area (Å²) in [7, 11) is 0. The fourth-order valence-corrected chi connectivity index (χ4v) is 5.33. The van der Waals surface area contributed by atoms with Gasteiger partial charge in [0.05, 0.1) is 11.6 Å².